The first-order valence-corrected chi connectivity index (χ1v) is 17.0. The van der Waals surface area contributed by atoms with E-state index in [2.05, 4.69) is 54.2 Å². The molecule has 2 unspecified atom stereocenters. The van der Waals surface area contributed by atoms with Crippen LogP contribution in [-0.4, -0.2) is 72.4 Å². The number of nitrogens with one attached hydrogen (secondary N) is 1. The molecule has 2 aliphatic heterocycles. The smallest absolute Gasteiger partial charge is 0.264 e. The van der Waals surface area contributed by atoms with E-state index in [0.29, 0.717) is 30.9 Å². The Hall–Kier alpha value is -3.21. The van der Waals surface area contributed by atoms with Crippen molar-refractivity contribution < 1.29 is 17.9 Å². The quantitative estimate of drug-likeness (QED) is 0.341. The van der Waals surface area contributed by atoms with Gasteiger partial charge >= 0.3 is 0 Å². The first-order valence-electron chi connectivity index (χ1n) is 15.5. The van der Waals surface area contributed by atoms with Gasteiger partial charge in [-0.2, -0.15) is 4.98 Å². The number of carbonyl (C=O) groups is 1. The highest BCUT2D eigenvalue weighted by Gasteiger charge is 2.38. The molecule has 11 heteroatoms. The van der Waals surface area contributed by atoms with Crippen LogP contribution < -0.4 is 9.46 Å². The number of sulfonamides is 1. The molecule has 244 valence electrons. The lowest BCUT2D eigenvalue weighted by molar-refractivity contribution is 0.0418. The Morgan fingerprint density at radius 1 is 1.02 bits per heavy atom. The molecule has 2 aliphatic rings. The fourth-order valence-electron chi connectivity index (χ4n) is 6.08. The summed E-state index contributed by atoms with van der Waals surface area (Å²) in [6.45, 7) is 17.7. The van der Waals surface area contributed by atoms with Gasteiger partial charge in [-0.3, -0.25) is 9.69 Å². The summed E-state index contributed by atoms with van der Waals surface area (Å²) in [5, 5.41) is 0. The third-order valence-electron chi connectivity index (χ3n) is 8.41. The van der Waals surface area contributed by atoms with Gasteiger partial charge in [0.1, 0.15) is 6.10 Å². The van der Waals surface area contributed by atoms with E-state index in [9.17, 15) is 13.2 Å². The Morgan fingerprint density at radius 2 is 1.71 bits per heavy atom. The molecule has 45 heavy (non-hydrogen) atoms. The highest BCUT2D eigenvalue weighted by Crippen LogP contribution is 2.32. The van der Waals surface area contributed by atoms with E-state index in [-0.39, 0.29) is 52.4 Å². The van der Waals surface area contributed by atoms with E-state index in [1.807, 2.05) is 36.9 Å². The Balaban J connectivity index is 0.00000461. The normalized spacial score (nSPS) is 20.1. The fraction of sp³-hybridized carbons (Fsp3) is 0.500. The second kappa shape index (κ2) is 13.6. The number of carbonyl (C=O) groups excluding carboxylic acids is 1. The molecule has 0 aliphatic carbocycles. The first-order chi connectivity index (χ1) is 20.7. The summed E-state index contributed by atoms with van der Waals surface area (Å²) in [6, 6.07) is 13.8. The summed E-state index contributed by atoms with van der Waals surface area (Å²) in [5.41, 5.74) is 3.96. The largest absolute Gasteiger partial charge is 0.471 e. The van der Waals surface area contributed by atoms with Crippen LogP contribution in [0.2, 0.25) is 0 Å². The highest BCUT2D eigenvalue weighted by atomic mass is 35.5. The minimum atomic E-state index is -4.10. The van der Waals surface area contributed by atoms with Crippen molar-refractivity contribution in [3.63, 3.8) is 0 Å². The number of rotatable bonds is 5. The molecule has 0 saturated carbocycles. The van der Waals surface area contributed by atoms with Gasteiger partial charge in [0.2, 0.25) is 11.8 Å². The molecule has 1 aromatic heterocycles. The van der Waals surface area contributed by atoms with Gasteiger partial charge in [-0.15, -0.1) is 12.4 Å². The summed E-state index contributed by atoms with van der Waals surface area (Å²) in [5.74, 6) is 0.279. The van der Waals surface area contributed by atoms with Gasteiger partial charge in [0.25, 0.3) is 15.9 Å². The third kappa shape index (κ3) is 8.15. The molecule has 3 aromatic rings. The minimum Gasteiger partial charge on any atom is -0.471 e. The molecule has 3 heterocycles. The second-order valence-corrected chi connectivity index (χ2v) is 15.5. The minimum absolute atomic E-state index is 0. The maximum absolute atomic E-state index is 14.2. The van der Waals surface area contributed by atoms with Gasteiger partial charge in [0, 0.05) is 36.8 Å². The van der Waals surface area contributed by atoms with Crippen LogP contribution in [0.3, 0.4) is 0 Å². The van der Waals surface area contributed by atoms with Crippen molar-refractivity contribution in [2.24, 2.45) is 11.3 Å². The zero-order valence-electron chi connectivity index (χ0n) is 27.3. The molecular weight excluding hydrogens is 610 g/mol. The lowest BCUT2D eigenvalue weighted by Crippen LogP contribution is -2.50. The standard InChI is InChI=1S/C34H45N5O4S.ClH/c1-22(2)18-28-29-21-38(15-14-34(5,6)7)16-17-39(28)32(40)25-12-9-13-26(19-25)44(41,42)37-33-35-27(20-30(36-33)43-29)31-23(3)10-8-11-24(31)4;/h8-13,19-20,22,28-29H,14-18,21H2,1-7H3,(H,35,36,37);1H. The van der Waals surface area contributed by atoms with Crippen LogP contribution in [0.5, 0.6) is 5.88 Å². The number of benzene rings is 2. The number of hydrogen-bond acceptors (Lipinski definition) is 7. The van der Waals surface area contributed by atoms with E-state index in [4.69, 9.17) is 4.74 Å². The Morgan fingerprint density at radius 3 is 2.38 bits per heavy atom. The van der Waals surface area contributed by atoms with Gasteiger partial charge < -0.3 is 9.64 Å². The molecule has 0 radical (unpaired) electrons. The molecule has 1 N–H and O–H groups in total. The van der Waals surface area contributed by atoms with E-state index in [1.165, 1.54) is 12.1 Å². The number of anilines is 1. The van der Waals surface area contributed by atoms with Gasteiger partial charge in [-0.05, 0) is 73.9 Å². The summed E-state index contributed by atoms with van der Waals surface area (Å²) in [4.78, 5) is 27.7. The predicted octanol–water partition coefficient (Wildman–Crippen LogP) is 6.35. The SMILES string of the molecule is Cc1cccc(C)c1-c1cc2nc(n1)NS(=O)(=O)c1cccc(c1)C(=O)N1CCN(CCC(C)(C)C)CC(O2)C1CC(C)C.Cl. The van der Waals surface area contributed by atoms with E-state index in [1.54, 1.807) is 18.2 Å². The number of aromatic nitrogens is 2. The van der Waals surface area contributed by atoms with Crippen molar-refractivity contribution in [2.75, 3.05) is 30.9 Å². The molecule has 1 saturated heterocycles. The van der Waals surface area contributed by atoms with Gasteiger partial charge in [0.15, 0.2) is 0 Å². The monoisotopic (exact) mass is 655 g/mol. The average molecular weight is 656 g/mol. The lowest BCUT2D eigenvalue weighted by Gasteiger charge is -2.36. The van der Waals surface area contributed by atoms with Crippen molar-refractivity contribution in [3.8, 4) is 17.1 Å². The van der Waals surface area contributed by atoms with Gasteiger partial charge in [-0.1, -0.05) is 58.9 Å². The number of aryl methyl sites for hydroxylation is 2. The van der Waals surface area contributed by atoms with Crippen LogP contribution in [0.15, 0.2) is 53.4 Å². The van der Waals surface area contributed by atoms with Crippen molar-refractivity contribution in [3.05, 3.63) is 65.2 Å². The second-order valence-electron chi connectivity index (χ2n) is 13.8. The van der Waals surface area contributed by atoms with E-state index in [0.717, 1.165) is 36.1 Å². The number of ether oxygens (including phenoxy) is 1. The molecule has 1 fully saturated rings. The van der Waals surface area contributed by atoms with Crippen molar-refractivity contribution in [1.29, 1.82) is 0 Å². The Bertz CT molecular complexity index is 1620. The number of halogens is 1. The summed E-state index contributed by atoms with van der Waals surface area (Å²) >= 11 is 0. The summed E-state index contributed by atoms with van der Waals surface area (Å²) < 4.78 is 36.5. The fourth-order valence-corrected chi connectivity index (χ4v) is 7.07. The molecule has 1 amide bonds. The molecule has 5 rings (SSSR count). The Kier molecular flexibility index (Phi) is 10.5. The number of amides is 1. The lowest BCUT2D eigenvalue weighted by atomic mass is 9.92. The average Bonchev–Trinajstić information content (AvgIpc) is 3.09. The van der Waals surface area contributed by atoms with Crippen molar-refractivity contribution in [1.82, 2.24) is 19.8 Å². The number of nitrogens with zero attached hydrogens (tertiary/aromatic N) is 4. The van der Waals surface area contributed by atoms with Crippen molar-refractivity contribution in [2.45, 2.75) is 78.3 Å². The first kappa shape index (κ1) is 34.7. The molecule has 6 bridgehead atoms. The van der Waals surface area contributed by atoms with E-state index < -0.39 is 16.1 Å². The molecular formula is C34H46ClN5O4S. The maximum atomic E-state index is 14.2. The third-order valence-corrected chi connectivity index (χ3v) is 9.73. The molecule has 2 atom stereocenters. The Labute approximate surface area is 274 Å². The van der Waals surface area contributed by atoms with Crippen LogP contribution in [0.1, 0.15) is 68.9 Å². The number of hydrogen-bond donors (Lipinski definition) is 1. The predicted molar refractivity (Wildman–Crippen MR) is 181 cm³/mol. The van der Waals surface area contributed by atoms with Crippen molar-refractivity contribution >= 4 is 34.3 Å². The zero-order chi connectivity index (χ0) is 31.8. The highest BCUT2D eigenvalue weighted by molar-refractivity contribution is 7.92. The van der Waals surface area contributed by atoms with Gasteiger partial charge in [-0.25, -0.2) is 18.1 Å². The maximum Gasteiger partial charge on any atom is 0.264 e. The van der Waals surface area contributed by atoms with Gasteiger partial charge in [0.05, 0.1) is 16.6 Å². The topological polar surface area (TPSA) is 105 Å². The van der Waals surface area contributed by atoms with Crippen LogP contribution in [-0.2, 0) is 10.0 Å². The molecule has 0 spiro atoms. The molecule has 2 aromatic carbocycles. The summed E-state index contributed by atoms with van der Waals surface area (Å²) in [7, 11) is -4.10. The molecule has 9 nitrogen and oxygen atoms in total. The van der Waals surface area contributed by atoms with Crippen LogP contribution in [0, 0.1) is 25.2 Å². The van der Waals surface area contributed by atoms with Crippen LogP contribution in [0.4, 0.5) is 5.95 Å². The van der Waals surface area contributed by atoms with Crippen LogP contribution >= 0.6 is 12.4 Å². The number of fused-ring (bicyclic) bond motifs is 6. The summed E-state index contributed by atoms with van der Waals surface area (Å²) in [6.07, 6.45) is 1.32. The zero-order valence-corrected chi connectivity index (χ0v) is 29.0. The van der Waals surface area contributed by atoms with Crippen LogP contribution in [0.25, 0.3) is 11.3 Å². The van der Waals surface area contributed by atoms with E-state index >= 15 is 0 Å².